The van der Waals surface area contributed by atoms with Gasteiger partial charge < -0.3 is 23.7 Å². The molecule has 0 radical (unpaired) electrons. The van der Waals surface area contributed by atoms with Crippen LogP contribution in [0, 0.1) is 6.92 Å². The fourth-order valence-electron chi connectivity index (χ4n) is 3.62. The summed E-state index contributed by atoms with van der Waals surface area (Å²) in [7, 11) is 0.562. The van der Waals surface area contributed by atoms with Crippen LogP contribution in [0.25, 0.3) is 0 Å². The molecule has 0 bridgehead atoms. The Morgan fingerprint density at radius 2 is 1.50 bits per heavy atom. The number of aryl methyl sites for hydroxylation is 1. The molecule has 0 spiro atoms. The van der Waals surface area contributed by atoms with Crippen LogP contribution in [0.3, 0.4) is 0 Å². The van der Waals surface area contributed by atoms with Crippen LogP contribution in [0.5, 0.6) is 0 Å². The number of benzene rings is 2. The number of hydrogen-bond acceptors (Lipinski definition) is 8. The monoisotopic (exact) mass is 466 g/mol. The summed E-state index contributed by atoms with van der Waals surface area (Å²) >= 11 is 0. The van der Waals surface area contributed by atoms with Crippen molar-refractivity contribution in [3.63, 3.8) is 0 Å². The molecule has 1 aliphatic rings. The van der Waals surface area contributed by atoms with E-state index in [9.17, 15) is 8.42 Å². The SMILES string of the molecule is CO[C@H]1O[C@H](COS(=O)(=O)c2ccc(C)cc2)[C@@H](OCc2ccccc2)[C@H](OC)[C@H]1OC. The van der Waals surface area contributed by atoms with Crippen LogP contribution in [-0.2, 0) is 44.6 Å². The van der Waals surface area contributed by atoms with Crippen LogP contribution in [-0.4, -0.2) is 67.1 Å². The van der Waals surface area contributed by atoms with Crippen LogP contribution in [0.2, 0.25) is 0 Å². The predicted octanol–water partition coefficient (Wildman–Crippen LogP) is 2.69. The molecule has 0 unspecified atom stereocenters. The summed E-state index contributed by atoms with van der Waals surface area (Å²) in [5.41, 5.74) is 1.91. The molecule has 8 nitrogen and oxygen atoms in total. The van der Waals surface area contributed by atoms with Gasteiger partial charge in [-0.15, -0.1) is 0 Å². The van der Waals surface area contributed by atoms with Crippen molar-refractivity contribution in [3.05, 3.63) is 65.7 Å². The van der Waals surface area contributed by atoms with Gasteiger partial charge in [0.2, 0.25) is 0 Å². The van der Waals surface area contributed by atoms with E-state index in [0.29, 0.717) is 0 Å². The normalized spacial score (nSPS) is 26.2. The molecule has 2 aromatic carbocycles. The Labute approximate surface area is 189 Å². The first-order chi connectivity index (χ1) is 15.4. The molecule has 0 aliphatic carbocycles. The van der Waals surface area contributed by atoms with Gasteiger partial charge in [-0.1, -0.05) is 48.0 Å². The maximum absolute atomic E-state index is 12.7. The number of methoxy groups -OCH3 is 3. The summed E-state index contributed by atoms with van der Waals surface area (Å²) in [6.45, 7) is 1.89. The highest BCUT2D eigenvalue weighted by Crippen LogP contribution is 2.29. The van der Waals surface area contributed by atoms with Crippen LogP contribution in [0.4, 0.5) is 0 Å². The minimum Gasteiger partial charge on any atom is -0.376 e. The molecule has 1 aliphatic heterocycles. The molecule has 0 amide bonds. The highest BCUT2D eigenvalue weighted by molar-refractivity contribution is 7.86. The van der Waals surface area contributed by atoms with E-state index in [1.54, 1.807) is 12.1 Å². The highest BCUT2D eigenvalue weighted by Gasteiger charge is 2.48. The minimum absolute atomic E-state index is 0.0713. The van der Waals surface area contributed by atoms with Crippen molar-refractivity contribution in [1.82, 2.24) is 0 Å². The lowest BCUT2D eigenvalue weighted by Gasteiger charge is -2.44. The molecule has 2 aromatic rings. The van der Waals surface area contributed by atoms with Gasteiger partial charge in [0.15, 0.2) is 6.29 Å². The van der Waals surface area contributed by atoms with Crippen molar-refractivity contribution in [2.24, 2.45) is 0 Å². The van der Waals surface area contributed by atoms with E-state index in [1.165, 1.54) is 33.5 Å². The van der Waals surface area contributed by atoms with Crippen molar-refractivity contribution in [1.29, 1.82) is 0 Å². The molecular formula is C23H30O8S. The predicted molar refractivity (Wildman–Crippen MR) is 117 cm³/mol. The standard InChI is InChI=1S/C23H30O8S/c1-16-10-12-18(13-11-16)32(24,25)30-15-19-20(29-14-17-8-6-5-7-9-17)21(26-2)22(27-3)23(28-4)31-19/h5-13,19-23H,14-15H2,1-4H3/t19-,20-,21+,22-,23+/m1/s1. The van der Waals surface area contributed by atoms with Crippen molar-refractivity contribution in [3.8, 4) is 0 Å². The second-order valence-electron chi connectivity index (χ2n) is 7.49. The first-order valence-electron chi connectivity index (χ1n) is 10.2. The summed E-state index contributed by atoms with van der Waals surface area (Å²) in [6.07, 6.45) is -3.36. The second-order valence-corrected chi connectivity index (χ2v) is 9.11. The molecule has 5 atom stereocenters. The number of rotatable bonds is 10. The molecule has 32 heavy (non-hydrogen) atoms. The molecule has 176 valence electrons. The third-order valence-electron chi connectivity index (χ3n) is 5.35. The van der Waals surface area contributed by atoms with Gasteiger partial charge in [-0.25, -0.2) is 0 Å². The Bertz CT molecular complexity index is 932. The molecule has 0 aromatic heterocycles. The fourth-order valence-corrected chi connectivity index (χ4v) is 4.54. The van der Waals surface area contributed by atoms with E-state index < -0.39 is 40.8 Å². The summed E-state index contributed by atoms with van der Waals surface area (Å²) in [4.78, 5) is 0.0713. The highest BCUT2D eigenvalue weighted by atomic mass is 32.2. The van der Waals surface area contributed by atoms with Gasteiger partial charge >= 0.3 is 0 Å². The molecule has 0 N–H and O–H groups in total. The first-order valence-corrected chi connectivity index (χ1v) is 11.7. The summed E-state index contributed by atoms with van der Waals surface area (Å²) < 4.78 is 59.5. The van der Waals surface area contributed by atoms with E-state index in [2.05, 4.69) is 0 Å². The number of hydrogen-bond donors (Lipinski definition) is 0. The molecular weight excluding hydrogens is 436 g/mol. The largest absolute Gasteiger partial charge is 0.376 e. The Kier molecular flexibility index (Phi) is 8.78. The van der Waals surface area contributed by atoms with E-state index in [0.717, 1.165) is 11.1 Å². The lowest BCUT2D eigenvalue weighted by atomic mass is 9.98. The third kappa shape index (κ3) is 5.93. The maximum atomic E-state index is 12.7. The minimum atomic E-state index is -3.98. The van der Waals surface area contributed by atoms with Gasteiger partial charge in [0.1, 0.15) is 24.4 Å². The molecule has 1 fully saturated rings. The van der Waals surface area contributed by atoms with Crippen LogP contribution < -0.4 is 0 Å². The van der Waals surface area contributed by atoms with Crippen LogP contribution in [0.1, 0.15) is 11.1 Å². The Morgan fingerprint density at radius 1 is 0.844 bits per heavy atom. The molecule has 1 heterocycles. The van der Waals surface area contributed by atoms with E-state index in [4.69, 9.17) is 27.9 Å². The molecule has 1 saturated heterocycles. The van der Waals surface area contributed by atoms with Gasteiger partial charge in [-0.3, -0.25) is 4.18 Å². The zero-order valence-corrected chi connectivity index (χ0v) is 19.5. The lowest BCUT2D eigenvalue weighted by Crippen LogP contribution is -2.61. The van der Waals surface area contributed by atoms with Crippen LogP contribution >= 0.6 is 0 Å². The van der Waals surface area contributed by atoms with Gasteiger partial charge in [-0.2, -0.15) is 8.42 Å². The quantitative estimate of drug-likeness (QED) is 0.494. The van der Waals surface area contributed by atoms with E-state index >= 15 is 0 Å². The van der Waals surface area contributed by atoms with E-state index in [1.807, 2.05) is 37.3 Å². The Hall–Kier alpha value is -1.85. The van der Waals surface area contributed by atoms with Gasteiger partial charge in [0.05, 0.1) is 18.1 Å². The van der Waals surface area contributed by atoms with Crippen molar-refractivity contribution in [2.45, 2.75) is 49.1 Å². The fraction of sp³-hybridized carbons (Fsp3) is 0.478. The summed E-state index contributed by atoms with van der Waals surface area (Å²) in [5, 5.41) is 0. The Morgan fingerprint density at radius 3 is 2.09 bits per heavy atom. The lowest BCUT2D eigenvalue weighted by molar-refractivity contribution is -0.309. The summed E-state index contributed by atoms with van der Waals surface area (Å²) in [6, 6.07) is 16.1. The van der Waals surface area contributed by atoms with Crippen molar-refractivity contribution >= 4 is 10.1 Å². The topological polar surface area (TPSA) is 89.5 Å². The van der Waals surface area contributed by atoms with Crippen molar-refractivity contribution < 1.29 is 36.3 Å². The molecule has 9 heteroatoms. The second kappa shape index (κ2) is 11.3. The zero-order valence-electron chi connectivity index (χ0n) is 18.7. The average Bonchev–Trinajstić information content (AvgIpc) is 2.81. The van der Waals surface area contributed by atoms with Gasteiger partial charge in [0, 0.05) is 21.3 Å². The first kappa shape index (κ1) is 24.8. The van der Waals surface area contributed by atoms with Crippen molar-refractivity contribution in [2.75, 3.05) is 27.9 Å². The van der Waals surface area contributed by atoms with E-state index in [-0.39, 0.29) is 18.1 Å². The van der Waals surface area contributed by atoms with Gasteiger partial charge in [0.25, 0.3) is 10.1 Å². The summed E-state index contributed by atoms with van der Waals surface area (Å²) in [5.74, 6) is 0. The maximum Gasteiger partial charge on any atom is 0.297 e. The number of ether oxygens (including phenoxy) is 5. The molecule has 0 saturated carbocycles. The van der Waals surface area contributed by atoms with Gasteiger partial charge in [-0.05, 0) is 24.6 Å². The zero-order chi connectivity index (χ0) is 23.1. The smallest absolute Gasteiger partial charge is 0.297 e. The molecule has 3 rings (SSSR count). The average molecular weight is 467 g/mol. The van der Waals surface area contributed by atoms with Crippen LogP contribution in [0.15, 0.2) is 59.5 Å². The third-order valence-corrected chi connectivity index (χ3v) is 6.65. The Balaban J connectivity index is 1.79.